The molecule has 0 atom stereocenters. The van der Waals surface area contributed by atoms with Crippen molar-refractivity contribution >= 4 is 5.96 Å². The van der Waals surface area contributed by atoms with E-state index in [1.54, 1.807) is 6.20 Å². The van der Waals surface area contributed by atoms with Gasteiger partial charge in [-0.25, -0.2) is 9.98 Å². The molecule has 0 amide bonds. The second-order valence-electron chi connectivity index (χ2n) is 7.08. The summed E-state index contributed by atoms with van der Waals surface area (Å²) in [4.78, 5) is 8.86. The monoisotopic (exact) mass is 306 g/mol. The molecule has 0 saturated heterocycles. The standard InChI is InChI=1S/C17H30N4O/c1-5-18-16(19-10-6-7-13-8-9-13)21-12-15-20-11-14(22-15)17(2,3)4/h11,13H,5-10,12H2,1-4H3,(H2,18,19,21). The van der Waals surface area contributed by atoms with Gasteiger partial charge in [0.05, 0.1) is 6.20 Å². The lowest BCUT2D eigenvalue weighted by atomic mass is 9.94. The highest BCUT2D eigenvalue weighted by molar-refractivity contribution is 5.79. The van der Waals surface area contributed by atoms with E-state index in [1.807, 2.05) is 0 Å². The molecule has 2 N–H and O–H groups in total. The van der Waals surface area contributed by atoms with Crippen molar-refractivity contribution in [3.05, 3.63) is 17.8 Å². The van der Waals surface area contributed by atoms with E-state index in [9.17, 15) is 0 Å². The zero-order valence-corrected chi connectivity index (χ0v) is 14.4. The number of guanidine groups is 1. The third-order valence-electron chi connectivity index (χ3n) is 3.79. The van der Waals surface area contributed by atoms with Crippen LogP contribution in [0.25, 0.3) is 0 Å². The summed E-state index contributed by atoms with van der Waals surface area (Å²) in [6, 6.07) is 0. The average Bonchev–Trinajstić information content (AvgIpc) is 3.14. The van der Waals surface area contributed by atoms with Gasteiger partial charge >= 0.3 is 0 Å². The summed E-state index contributed by atoms with van der Waals surface area (Å²) in [7, 11) is 0. The van der Waals surface area contributed by atoms with Gasteiger partial charge in [0, 0.05) is 18.5 Å². The van der Waals surface area contributed by atoms with Crippen molar-refractivity contribution in [2.75, 3.05) is 13.1 Å². The minimum atomic E-state index is -0.0134. The van der Waals surface area contributed by atoms with Gasteiger partial charge in [-0.2, -0.15) is 0 Å². The Bertz CT molecular complexity index is 483. The summed E-state index contributed by atoms with van der Waals surface area (Å²) in [5.41, 5.74) is -0.0134. The molecule has 1 aromatic rings. The van der Waals surface area contributed by atoms with Crippen molar-refractivity contribution in [3.8, 4) is 0 Å². The highest BCUT2D eigenvalue weighted by Gasteiger charge is 2.20. The zero-order chi connectivity index (χ0) is 16.0. The van der Waals surface area contributed by atoms with E-state index < -0.39 is 0 Å². The molecule has 0 aromatic carbocycles. The number of oxazole rings is 1. The first-order valence-electron chi connectivity index (χ1n) is 8.46. The van der Waals surface area contributed by atoms with Gasteiger partial charge < -0.3 is 15.1 Å². The Balaban J connectivity index is 1.81. The molecule has 0 spiro atoms. The van der Waals surface area contributed by atoms with Crippen molar-refractivity contribution in [1.82, 2.24) is 15.6 Å². The maximum absolute atomic E-state index is 5.77. The smallest absolute Gasteiger partial charge is 0.216 e. The second-order valence-corrected chi connectivity index (χ2v) is 7.08. The highest BCUT2D eigenvalue weighted by Crippen LogP contribution is 2.33. The molecule has 0 bridgehead atoms. The van der Waals surface area contributed by atoms with Crippen molar-refractivity contribution in [3.63, 3.8) is 0 Å². The summed E-state index contributed by atoms with van der Waals surface area (Å²) in [5.74, 6) is 3.40. The van der Waals surface area contributed by atoms with E-state index in [0.29, 0.717) is 12.4 Å². The molecular formula is C17H30N4O. The zero-order valence-electron chi connectivity index (χ0n) is 14.4. The van der Waals surface area contributed by atoms with Crippen LogP contribution >= 0.6 is 0 Å². The molecule has 5 heteroatoms. The molecule has 1 fully saturated rings. The lowest BCUT2D eigenvalue weighted by Gasteiger charge is -2.13. The summed E-state index contributed by atoms with van der Waals surface area (Å²) in [5, 5.41) is 6.64. The van der Waals surface area contributed by atoms with E-state index in [1.165, 1.54) is 25.7 Å². The van der Waals surface area contributed by atoms with Crippen molar-refractivity contribution in [1.29, 1.82) is 0 Å². The number of aromatic nitrogens is 1. The number of nitrogens with one attached hydrogen (secondary N) is 2. The number of hydrogen-bond donors (Lipinski definition) is 2. The van der Waals surface area contributed by atoms with E-state index in [0.717, 1.165) is 30.7 Å². The van der Waals surface area contributed by atoms with Crippen molar-refractivity contribution in [2.45, 2.75) is 65.3 Å². The lowest BCUT2D eigenvalue weighted by molar-refractivity contribution is 0.383. The maximum atomic E-state index is 5.77. The Kier molecular flexibility index (Phi) is 5.86. The number of hydrogen-bond acceptors (Lipinski definition) is 3. The van der Waals surface area contributed by atoms with Gasteiger partial charge in [0.2, 0.25) is 5.89 Å². The van der Waals surface area contributed by atoms with E-state index >= 15 is 0 Å². The minimum absolute atomic E-state index is 0.0134. The Hall–Kier alpha value is -1.52. The van der Waals surface area contributed by atoms with Crippen LogP contribution in [0.5, 0.6) is 0 Å². The summed E-state index contributed by atoms with van der Waals surface area (Å²) >= 11 is 0. The second kappa shape index (κ2) is 7.65. The first-order valence-corrected chi connectivity index (χ1v) is 8.46. The molecule has 1 heterocycles. The summed E-state index contributed by atoms with van der Waals surface area (Å²) in [6.45, 7) is 10.7. The number of aliphatic imine (C=N–C) groups is 1. The highest BCUT2D eigenvalue weighted by atomic mass is 16.4. The van der Waals surface area contributed by atoms with Crippen LogP contribution < -0.4 is 10.6 Å². The predicted molar refractivity (Wildman–Crippen MR) is 90.0 cm³/mol. The van der Waals surface area contributed by atoms with Crippen LogP contribution in [0.1, 0.15) is 65.0 Å². The van der Waals surface area contributed by atoms with Crippen LogP contribution in [-0.2, 0) is 12.0 Å². The quantitative estimate of drug-likeness (QED) is 0.461. The van der Waals surface area contributed by atoms with E-state index in [-0.39, 0.29) is 5.41 Å². The normalized spacial score (nSPS) is 15.9. The molecule has 1 saturated carbocycles. The molecule has 1 aromatic heterocycles. The summed E-state index contributed by atoms with van der Waals surface area (Å²) in [6.07, 6.45) is 7.20. The Morgan fingerprint density at radius 2 is 2.14 bits per heavy atom. The molecule has 124 valence electrons. The fourth-order valence-electron chi connectivity index (χ4n) is 2.22. The number of nitrogens with zero attached hydrogens (tertiary/aromatic N) is 2. The van der Waals surface area contributed by atoms with Gasteiger partial charge in [-0.1, -0.05) is 33.6 Å². The van der Waals surface area contributed by atoms with Crippen LogP contribution in [0.4, 0.5) is 0 Å². The van der Waals surface area contributed by atoms with Crippen LogP contribution in [0.2, 0.25) is 0 Å². The van der Waals surface area contributed by atoms with Gasteiger partial charge in [0.15, 0.2) is 5.96 Å². The fraction of sp³-hybridized carbons (Fsp3) is 0.765. The molecule has 0 radical (unpaired) electrons. The van der Waals surface area contributed by atoms with E-state index in [2.05, 4.69) is 48.3 Å². The molecule has 2 rings (SSSR count). The van der Waals surface area contributed by atoms with Gasteiger partial charge in [-0.3, -0.25) is 0 Å². The third-order valence-corrected chi connectivity index (χ3v) is 3.79. The van der Waals surface area contributed by atoms with Crippen LogP contribution in [0.15, 0.2) is 15.6 Å². The van der Waals surface area contributed by atoms with Crippen LogP contribution in [-0.4, -0.2) is 24.0 Å². The Morgan fingerprint density at radius 3 is 2.73 bits per heavy atom. The molecular weight excluding hydrogens is 276 g/mol. The average molecular weight is 306 g/mol. The largest absolute Gasteiger partial charge is 0.443 e. The van der Waals surface area contributed by atoms with Crippen LogP contribution in [0.3, 0.4) is 0 Å². The third kappa shape index (κ3) is 5.70. The molecule has 0 unspecified atom stereocenters. The number of rotatable bonds is 7. The molecule has 5 nitrogen and oxygen atoms in total. The molecule has 1 aliphatic carbocycles. The van der Waals surface area contributed by atoms with Gasteiger partial charge in [-0.15, -0.1) is 0 Å². The lowest BCUT2D eigenvalue weighted by Crippen LogP contribution is -2.37. The van der Waals surface area contributed by atoms with Gasteiger partial charge in [-0.05, 0) is 25.7 Å². The van der Waals surface area contributed by atoms with E-state index in [4.69, 9.17) is 4.42 Å². The first-order chi connectivity index (χ1) is 10.5. The molecule has 22 heavy (non-hydrogen) atoms. The van der Waals surface area contributed by atoms with Crippen LogP contribution in [0, 0.1) is 5.92 Å². The fourth-order valence-corrected chi connectivity index (χ4v) is 2.22. The predicted octanol–water partition coefficient (Wildman–Crippen LogP) is 3.22. The minimum Gasteiger partial charge on any atom is -0.443 e. The van der Waals surface area contributed by atoms with Gasteiger partial charge in [0.25, 0.3) is 0 Å². The maximum Gasteiger partial charge on any atom is 0.216 e. The van der Waals surface area contributed by atoms with Crippen molar-refractivity contribution < 1.29 is 4.42 Å². The first kappa shape index (κ1) is 16.8. The topological polar surface area (TPSA) is 62.5 Å². The Labute approximate surface area is 134 Å². The Morgan fingerprint density at radius 1 is 1.36 bits per heavy atom. The van der Waals surface area contributed by atoms with Crippen molar-refractivity contribution in [2.24, 2.45) is 10.9 Å². The van der Waals surface area contributed by atoms with Gasteiger partial charge in [0.1, 0.15) is 12.3 Å². The molecule has 0 aliphatic heterocycles. The SMILES string of the molecule is CCNC(=NCc1ncc(C(C)(C)C)o1)NCCCC1CC1. The summed E-state index contributed by atoms with van der Waals surface area (Å²) < 4.78 is 5.77. The molecule has 1 aliphatic rings.